The van der Waals surface area contributed by atoms with Gasteiger partial charge in [-0.05, 0) is 29.8 Å². The Bertz CT molecular complexity index is 1200. The van der Waals surface area contributed by atoms with E-state index < -0.39 is 4.92 Å². The Labute approximate surface area is 160 Å². The van der Waals surface area contributed by atoms with Gasteiger partial charge in [0.05, 0.1) is 17.2 Å². The number of hydrogen-bond donors (Lipinski definition) is 0. The average molecular weight is 427 g/mol. The van der Waals surface area contributed by atoms with E-state index in [-0.39, 0.29) is 23.3 Å². The Hall–Kier alpha value is -3.40. The van der Waals surface area contributed by atoms with Gasteiger partial charge in [-0.2, -0.15) is 4.68 Å². The molecule has 0 aliphatic heterocycles. The van der Waals surface area contributed by atoms with Crippen LogP contribution in [0.5, 0.6) is 0 Å². The van der Waals surface area contributed by atoms with E-state index in [1.54, 1.807) is 12.1 Å². The summed E-state index contributed by atoms with van der Waals surface area (Å²) in [7, 11) is 0. The molecular weight excluding hydrogens is 416 g/mol. The number of hydrogen-bond acceptors (Lipinski definition) is 6. The van der Waals surface area contributed by atoms with E-state index in [4.69, 9.17) is 0 Å². The standard InChI is InChI=1S/C17H11BrN6O3/c18-12-3-7-13(8-4-12)23-16-15(20-21-23)17(25)22(10-19-16)9-11-1-5-14(6-2-11)24(26)27/h1-8,10H,9H2. The molecule has 0 amide bonds. The van der Waals surface area contributed by atoms with Crippen molar-refractivity contribution >= 4 is 32.8 Å². The minimum absolute atomic E-state index is 0.00267. The van der Waals surface area contributed by atoms with Crippen LogP contribution in [0.2, 0.25) is 0 Å². The van der Waals surface area contributed by atoms with Gasteiger partial charge < -0.3 is 0 Å². The lowest BCUT2D eigenvalue weighted by atomic mass is 10.2. The molecule has 0 aliphatic carbocycles. The molecule has 0 bridgehead atoms. The highest BCUT2D eigenvalue weighted by atomic mass is 79.9. The van der Waals surface area contributed by atoms with E-state index in [1.165, 1.54) is 27.7 Å². The summed E-state index contributed by atoms with van der Waals surface area (Å²) in [6.45, 7) is 0.227. The van der Waals surface area contributed by atoms with E-state index in [9.17, 15) is 14.9 Å². The molecule has 0 aliphatic rings. The minimum atomic E-state index is -0.468. The number of halogens is 1. The van der Waals surface area contributed by atoms with Crippen LogP contribution < -0.4 is 5.56 Å². The Morgan fingerprint density at radius 3 is 2.44 bits per heavy atom. The van der Waals surface area contributed by atoms with E-state index >= 15 is 0 Å². The van der Waals surface area contributed by atoms with Crippen molar-refractivity contribution in [3.8, 4) is 5.69 Å². The van der Waals surface area contributed by atoms with Crippen LogP contribution >= 0.6 is 15.9 Å². The number of nitro groups is 1. The van der Waals surface area contributed by atoms with Gasteiger partial charge >= 0.3 is 0 Å². The molecule has 0 saturated heterocycles. The van der Waals surface area contributed by atoms with Gasteiger partial charge in [0, 0.05) is 16.6 Å². The van der Waals surface area contributed by atoms with Crippen LogP contribution in [0, 0.1) is 10.1 Å². The van der Waals surface area contributed by atoms with E-state index in [2.05, 4.69) is 31.2 Å². The number of nitrogens with zero attached hydrogens (tertiary/aromatic N) is 6. The summed E-state index contributed by atoms with van der Waals surface area (Å²) < 4.78 is 3.82. The SMILES string of the molecule is O=c1c2nnn(-c3ccc(Br)cc3)c2ncn1Cc1ccc([N+](=O)[O-])cc1. The highest BCUT2D eigenvalue weighted by Crippen LogP contribution is 2.16. The number of rotatable bonds is 4. The Morgan fingerprint density at radius 2 is 1.78 bits per heavy atom. The molecule has 27 heavy (non-hydrogen) atoms. The highest BCUT2D eigenvalue weighted by Gasteiger charge is 2.14. The van der Waals surface area contributed by atoms with Gasteiger partial charge in [0.25, 0.3) is 11.2 Å². The lowest BCUT2D eigenvalue weighted by Crippen LogP contribution is -2.21. The van der Waals surface area contributed by atoms with Crippen molar-refractivity contribution in [3.63, 3.8) is 0 Å². The first-order chi connectivity index (χ1) is 13.0. The third kappa shape index (κ3) is 3.22. The minimum Gasteiger partial charge on any atom is -0.293 e. The zero-order valence-electron chi connectivity index (χ0n) is 13.7. The lowest BCUT2D eigenvalue weighted by molar-refractivity contribution is -0.384. The number of benzene rings is 2. The normalized spacial score (nSPS) is 11.0. The maximum absolute atomic E-state index is 12.7. The third-order valence-electron chi connectivity index (χ3n) is 4.00. The number of fused-ring (bicyclic) bond motifs is 1. The summed E-state index contributed by atoms with van der Waals surface area (Å²) in [6.07, 6.45) is 1.42. The summed E-state index contributed by atoms with van der Waals surface area (Å²) in [5.41, 5.74) is 1.66. The smallest absolute Gasteiger partial charge is 0.283 e. The number of aromatic nitrogens is 5. The molecular formula is C17H11BrN6O3. The molecule has 4 rings (SSSR count). The second kappa shape index (κ2) is 6.72. The summed E-state index contributed by atoms with van der Waals surface area (Å²) in [6, 6.07) is 13.4. The summed E-state index contributed by atoms with van der Waals surface area (Å²) in [5.74, 6) is 0. The highest BCUT2D eigenvalue weighted by molar-refractivity contribution is 9.10. The average Bonchev–Trinajstić information content (AvgIpc) is 3.10. The third-order valence-corrected chi connectivity index (χ3v) is 4.53. The van der Waals surface area contributed by atoms with E-state index in [0.29, 0.717) is 5.65 Å². The molecule has 0 N–H and O–H groups in total. The first-order valence-electron chi connectivity index (χ1n) is 7.83. The van der Waals surface area contributed by atoms with Crippen LogP contribution in [0.3, 0.4) is 0 Å². The summed E-state index contributed by atoms with van der Waals surface area (Å²) >= 11 is 3.37. The van der Waals surface area contributed by atoms with Crippen LogP contribution in [0.15, 0.2) is 64.1 Å². The molecule has 0 saturated carbocycles. The van der Waals surface area contributed by atoms with Gasteiger partial charge in [0.1, 0.15) is 6.33 Å². The summed E-state index contributed by atoms with van der Waals surface area (Å²) in [4.78, 5) is 27.3. The number of nitro benzene ring substituents is 1. The first kappa shape index (κ1) is 17.0. The van der Waals surface area contributed by atoms with Gasteiger partial charge in [-0.25, -0.2) is 4.98 Å². The fraction of sp³-hybridized carbons (Fsp3) is 0.0588. The maximum Gasteiger partial charge on any atom is 0.283 e. The molecule has 2 heterocycles. The molecule has 0 atom stereocenters. The van der Waals surface area contributed by atoms with Gasteiger partial charge in [-0.1, -0.05) is 33.3 Å². The Balaban J connectivity index is 1.70. The second-order valence-electron chi connectivity index (χ2n) is 5.75. The predicted octanol–water partition coefficient (Wildman–Crippen LogP) is 2.70. The maximum atomic E-state index is 12.7. The predicted molar refractivity (Wildman–Crippen MR) is 101 cm³/mol. The van der Waals surface area contributed by atoms with Crippen molar-refractivity contribution in [1.82, 2.24) is 24.5 Å². The van der Waals surface area contributed by atoms with Crippen molar-refractivity contribution in [2.45, 2.75) is 6.54 Å². The van der Waals surface area contributed by atoms with Crippen molar-refractivity contribution in [3.05, 3.63) is 85.4 Å². The van der Waals surface area contributed by atoms with E-state index in [1.807, 2.05) is 24.3 Å². The second-order valence-corrected chi connectivity index (χ2v) is 6.67. The van der Waals surface area contributed by atoms with Crippen molar-refractivity contribution < 1.29 is 4.92 Å². The van der Waals surface area contributed by atoms with Crippen molar-refractivity contribution in [2.24, 2.45) is 0 Å². The van der Waals surface area contributed by atoms with Gasteiger partial charge in [-0.15, -0.1) is 5.10 Å². The van der Waals surface area contributed by atoms with Crippen LogP contribution in [0.25, 0.3) is 16.9 Å². The molecule has 9 nitrogen and oxygen atoms in total. The topological polar surface area (TPSA) is 109 Å². The molecule has 0 unspecified atom stereocenters. The Morgan fingerprint density at radius 1 is 1.07 bits per heavy atom. The molecule has 0 spiro atoms. The van der Waals surface area contributed by atoms with Crippen LogP contribution in [0.4, 0.5) is 5.69 Å². The largest absolute Gasteiger partial charge is 0.293 e. The molecule has 0 radical (unpaired) electrons. The van der Waals surface area contributed by atoms with Crippen LogP contribution in [-0.2, 0) is 6.54 Å². The van der Waals surface area contributed by atoms with Crippen LogP contribution in [0.1, 0.15) is 5.56 Å². The zero-order chi connectivity index (χ0) is 19.0. The van der Waals surface area contributed by atoms with Gasteiger partial charge in [-0.3, -0.25) is 19.5 Å². The molecule has 4 aromatic rings. The fourth-order valence-electron chi connectivity index (χ4n) is 2.63. The molecule has 0 fully saturated rings. The quantitative estimate of drug-likeness (QED) is 0.366. The molecule has 10 heteroatoms. The monoisotopic (exact) mass is 426 g/mol. The number of non-ortho nitro benzene ring substituents is 1. The Kier molecular flexibility index (Phi) is 4.24. The first-order valence-corrected chi connectivity index (χ1v) is 8.62. The van der Waals surface area contributed by atoms with Gasteiger partial charge in [0.15, 0.2) is 11.2 Å². The van der Waals surface area contributed by atoms with Crippen molar-refractivity contribution in [2.75, 3.05) is 0 Å². The van der Waals surface area contributed by atoms with Gasteiger partial charge in [0.2, 0.25) is 0 Å². The molecule has 134 valence electrons. The lowest BCUT2D eigenvalue weighted by Gasteiger charge is -2.06. The van der Waals surface area contributed by atoms with E-state index in [0.717, 1.165) is 15.7 Å². The molecule has 2 aromatic carbocycles. The fourth-order valence-corrected chi connectivity index (χ4v) is 2.90. The zero-order valence-corrected chi connectivity index (χ0v) is 15.3. The molecule has 2 aromatic heterocycles. The summed E-state index contributed by atoms with van der Waals surface area (Å²) in [5, 5.41) is 18.7. The van der Waals surface area contributed by atoms with Crippen molar-refractivity contribution in [1.29, 1.82) is 0 Å². The van der Waals surface area contributed by atoms with Crippen LogP contribution in [-0.4, -0.2) is 29.5 Å².